The molecule has 1 fully saturated rings. The minimum atomic E-state index is -0.792. The van der Waals surface area contributed by atoms with Crippen molar-refractivity contribution in [3.8, 4) is 0 Å². The van der Waals surface area contributed by atoms with Crippen LogP contribution in [0.15, 0.2) is 18.2 Å². The van der Waals surface area contributed by atoms with Gasteiger partial charge < -0.3 is 5.32 Å². The van der Waals surface area contributed by atoms with Gasteiger partial charge in [-0.25, -0.2) is 8.78 Å². The molecule has 0 spiro atoms. The fourth-order valence-electron chi connectivity index (χ4n) is 2.15. The number of rotatable bonds is 3. The van der Waals surface area contributed by atoms with Gasteiger partial charge in [0.05, 0.1) is 0 Å². The first-order chi connectivity index (χ1) is 7.56. The van der Waals surface area contributed by atoms with E-state index in [1.54, 1.807) is 6.07 Å². The van der Waals surface area contributed by atoms with Gasteiger partial charge in [0.1, 0.15) is 0 Å². The van der Waals surface area contributed by atoms with E-state index in [4.69, 9.17) is 0 Å². The van der Waals surface area contributed by atoms with Crippen LogP contribution in [-0.2, 0) is 0 Å². The monoisotopic (exact) mass is 225 g/mol. The largest absolute Gasteiger partial charge is 0.382 e. The molecule has 1 nitrogen and oxygen atoms in total. The van der Waals surface area contributed by atoms with Gasteiger partial charge in [-0.2, -0.15) is 0 Å². The number of nitrogens with one attached hydrogen (secondary N) is 1. The molecule has 2 rings (SSSR count). The third-order valence-electron chi connectivity index (χ3n) is 3.41. The third-order valence-corrected chi connectivity index (χ3v) is 3.41. The standard InChI is InChI=1S/C13H17F2N/c1-8(2)9-5-11(6-9)16-10-3-4-12(14)13(15)7-10/h3-4,7-9,11,16H,5-6H2,1-2H3. The van der Waals surface area contributed by atoms with Gasteiger partial charge in [-0.05, 0) is 36.8 Å². The van der Waals surface area contributed by atoms with E-state index >= 15 is 0 Å². The molecule has 0 atom stereocenters. The lowest BCUT2D eigenvalue weighted by Gasteiger charge is -2.39. The van der Waals surface area contributed by atoms with Crippen LogP contribution in [0.25, 0.3) is 0 Å². The number of hydrogen-bond acceptors (Lipinski definition) is 1. The number of benzene rings is 1. The summed E-state index contributed by atoms with van der Waals surface area (Å²) in [4.78, 5) is 0. The van der Waals surface area contributed by atoms with Crippen molar-refractivity contribution in [3.05, 3.63) is 29.8 Å². The second-order valence-corrected chi connectivity index (χ2v) is 4.95. The summed E-state index contributed by atoms with van der Waals surface area (Å²) < 4.78 is 25.6. The van der Waals surface area contributed by atoms with Gasteiger partial charge in [0, 0.05) is 17.8 Å². The minimum absolute atomic E-state index is 0.414. The molecule has 0 heterocycles. The number of halogens is 2. The van der Waals surface area contributed by atoms with E-state index in [1.165, 1.54) is 6.07 Å². The second kappa shape index (κ2) is 4.40. The summed E-state index contributed by atoms with van der Waals surface area (Å²) in [6.07, 6.45) is 2.24. The van der Waals surface area contributed by atoms with Gasteiger partial charge >= 0.3 is 0 Å². The lowest BCUT2D eigenvalue weighted by Crippen LogP contribution is -2.37. The lowest BCUT2D eigenvalue weighted by atomic mass is 9.73. The van der Waals surface area contributed by atoms with E-state index in [0.717, 1.165) is 24.8 Å². The summed E-state index contributed by atoms with van der Waals surface area (Å²) in [6.45, 7) is 4.44. The van der Waals surface area contributed by atoms with Crippen molar-refractivity contribution in [1.82, 2.24) is 0 Å². The normalized spacial score (nSPS) is 24.3. The molecule has 3 heteroatoms. The van der Waals surface area contributed by atoms with E-state index in [-0.39, 0.29) is 0 Å². The Hall–Kier alpha value is -1.12. The highest BCUT2D eigenvalue weighted by molar-refractivity contribution is 5.44. The third kappa shape index (κ3) is 2.34. The van der Waals surface area contributed by atoms with Crippen LogP contribution in [0.5, 0.6) is 0 Å². The fourth-order valence-corrected chi connectivity index (χ4v) is 2.15. The maximum Gasteiger partial charge on any atom is 0.160 e. The first-order valence-electron chi connectivity index (χ1n) is 5.78. The molecule has 1 N–H and O–H groups in total. The molecule has 16 heavy (non-hydrogen) atoms. The molecule has 0 unspecified atom stereocenters. The lowest BCUT2D eigenvalue weighted by molar-refractivity contribution is 0.212. The smallest absolute Gasteiger partial charge is 0.160 e. The van der Waals surface area contributed by atoms with Crippen LogP contribution in [0.4, 0.5) is 14.5 Å². The number of anilines is 1. The highest BCUT2D eigenvalue weighted by atomic mass is 19.2. The van der Waals surface area contributed by atoms with Crippen LogP contribution >= 0.6 is 0 Å². The van der Waals surface area contributed by atoms with Gasteiger partial charge in [0.2, 0.25) is 0 Å². The summed E-state index contributed by atoms with van der Waals surface area (Å²) in [5, 5.41) is 3.22. The Labute approximate surface area is 94.9 Å². The zero-order chi connectivity index (χ0) is 11.7. The maximum atomic E-state index is 12.9. The molecule has 0 radical (unpaired) electrons. The molecule has 1 aliphatic rings. The van der Waals surface area contributed by atoms with Crippen molar-refractivity contribution in [2.45, 2.75) is 32.7 Å². The molecule has 1 aromatic carbocycles. The van der Waals surface area contributed by atoms with Crippen LogP contribution in [0, 0.1) is 23.5 Å². The van der Waals surface area contributed by atoms with E-state index in [9.17, 15) is 8.78 Å². The SMILES string of the molecule is CC(C)C1CC(Nc2ccc(F)c(F)c2)C1. The summed E-state index contributed by atoms with van der Waals surface area (Å²) >= 11 is 0. The molecule has 1 aliphatic carbocycles. The van der Waals surface area contributed by atoms with Crippen LogP contribution in [0.2, 0.25) is 0 Å². The van der Waals surface area contributed by atoms with E-state index < -0.39 is 11.6 Å². The Morgan fingerprint density at radius 3 is 2.44 bits per heavy atom. The van der Waals surface area contributed by atoms with Crippen molar-refractivity contribution in [1.29, 1.82) is 0 Å². The molecule has 0 bridgehead atoms. The van der Waals surface area contributed by atoms with Crippen molar-refractivity contribution in [2.75, 3.05) is 5.32 Å². The summed E-state index contributed by atoms with van der Waals surface area (Å²) in [6, 6.07) is 4.38. The molecular formula is C13H17F2N. The molecule has 0 amide bonds. The minimum Gasteiger partial charge on any atom is -0.382 e. The topological polar surface area (TPSA) is 12.0 Å². The Balaban J connectivity index is 1.89. The Morgan fingerprint density at radius 1 is 1.19 bits per heavy atom. The Bertz CT molecular complexity index is 370. The molecule has 88 valence electrons. The van der Waals surface area contributed by atoms with Gasteiger partial charge in [-0.15, -0.1) is 0 Å². The number of hydrogen-bond donors (Lipinski definition) is 1. The predicted molar refractivity (Wildman–Crippen MR) is 61.3 cm³/mol. The van der Waals surface area contributed by atoms with Crippen LogP contribution in [0.3, 0.4) is 0 Å². The van der Waals surface area contributed by atoms with Crippen molar-refractivity contribution in [3.63, 3.8) is 0 Å². The van der Waals surface area contributed by atoms with Crippen LogP contribution in [-0.4, -0.2) is 6.04 Å². The first-order valence-corrected chi connectivity index (χ1v) is 5.78. The summed E-state index contributed by atoms with van der Waals surface area (Å²) in [5.41, 5.74) is 0.672. The predicted octanol–water partition coefficient (Wildman–Crippen LogP) is 3.81. The Kier molecular flexibility index (Phi) is 3.13. The molecule has 0 aromatic heterocycles. The first kappa shape index (κ1) is 11.4. The highest BCUT2D eigenvalue weighted by Crippen LogP contribution is 2.35. The molecule has 0 saturated heterocycles. The fraction of sp³-hybridized carbons (Fsp3) is 0.538. The van der Waals surface area contributed by atoms with Gasteiger partial charge in [-0.3, -0.25) is 0 Å². The zero-order valence-corrected chi connectivity index (χ0v) is 9.63. The van der Waals surface area contributed by atoms with Crippen molar-refractivity contribution in [2.24, 2.45) is 11.8 Å². The summed E-state index contributed by atoms with van der Waals surface area (Å²) in [7, 11) is 0. The molecule has 0 aliphatic heterocycles. The second-order valence-electron chi connectivity index (χ2n) is 4.95. The van der Waals surface area contributed by atoms with Crippen molar-refractivity contribution < 1.29 is 8.78 Å². The Morgan fingerprint density at radius 2 is 1.88 bits per heavy atom. The van der Waals surface area contributed by atoms with Crippen LogP contribution in [0.1, 0.15) is 26.7 Å². The highest BCUT2D eigenvalue weighted by Gasteiger charge is 2.30. The molecule has 1 aromatic rings. The molecular weight excluding hydrogens is 208 g/mol. The van der Waals surface area contributed by atoms with E-state index in [2.05, 4.69) is 19.2 Å². The van der Waals surface area contributed by atoms with Gasteiger partial charge in [-0.1, -0.05) is 13.8 Å². The van der Waals surface area contributed by atoms with Gasteiger partial charge in [0.15, 0.2) is 11.6 Å². The van der Waals surface area contributed by atoms with Gasteiger partial charge in [0.25, 0.3) is 0 Å². The average Bonchev–Trinajstić information content (AvgIpc) is 2.15. The zero-order valence-electron chi connectivity index (χ0n) is 9.63. The maximum absolute atomic E-state index is 12.9. The molecule has 1 saturated carbocycles. The van der Waals surface area contributed by atoms with E-state index in [1.807, 2.05) is 0 Å². The van der Waals surface area contributed by atoms with Crippen molar-refractivity contribution >= 4 is 5.69 Å². The quantitative estimate of drug-likeness (QED) is 0.824. The van der Waals surface area contributed by atoms with Crippen LogP contribution < -0.4 is 5.32 Å². The summed E-state index contributed by atoms with van der Waals surface area (Å²) in [5.74, 6) is -0.102. The van der Waals surface area contributed by atoms with E-state index in [0.29, 0.717) is 17.6 Å². The average molecular weight is 225 g/mol.